The predicted molar refractivity (Wildman–Crippen MR) is 140 cm³/mol. The number of carboxylic acids is 1. The first-order valence-electron chi connectivity index (χ1n) is 14.1. The van der Waals surface area contributed by atoms with E-state index in [-0.39, 0.29) is 35.4 Å². The fourth-order valence-corrected chi connectivity index (χ4v) is 6.84. The molecule has 2 aliphatic carbocycles. The molecule has 0 radical (unpaired) electrons. The highest BCUT2D eigenvalue weighted by molar-refractivity contribution is 5.87. The maximum atomic E-state index is 13.9. The summed E-state index contributed by atoms with van der Waals surface area (Å²) in [5.74, 6) is -1.52. The van der Waals surface area contributed by atoms with E-state index in [2.05, 4.69) is 15.2 Å². The van der Waals surface area contributed by atoms with Gasteiger partial charge in [-0.05, 0) is 112 Å². The summed E-state index contributed by atoms with van der Waals surface area (Å²) in [5.41, 5.74) is -0.316. The Labute approximate surface area is 231 Å². The van der Waals surface area contributed by atoms with E-state index in [0.29, 0.717) is 12.1 Å². The van der Waals surface area contributed by atoms with Crippen LogP contribution in [0.4, 0.5) is 17.6 Å². The quantitative estimate of drug-likeness (QED) is 0.313. The standard InChI is InChI=1S/C30H35F4N3O3/c31-25-13-19(12-24(15-25)30(32,33)34)16-36-28(40)29(23-3-4-23)8-1-2-26(5-9-29)37-10-6-20(7-11-37)21-14-22(27(38)39)18-35-17-21/h12-15,17-18,20,23,26H,1-11,16H2,(H,36,40)(H,38,39)/t26?,29-/m1/s1. The van der Waals surface area contributed by atoms with Gasteiger partial charge in [-0.1, -0.05) is 6.42 Å². The van der Waals surface area contributed by atoms with Crippen molar-refractivity contribution >= 4 is 11.9 Å². The molecule has 3 fully saturated rings. The first-order chi connectivity index (χ1) is 19.0. The van der Waals surface area contributed by atoms with Crippen LogP contribution in [0.2, 0.25) is 0 Å². The number of hydrogen-bond donors (Lipinski definition) is 2. The Kier molecular flexibility index (Phi) is 8.17. The summed E-state index contributed by atoms with van der Waals surface area (Å²) in [6.07, 6.45) is 6.52. The van der Waals surface area contributed by atoms with Crippen molar-refractivity contribution in [3.05, 3.63) is 64.7 Å². The molecule has 216 valence electrons. The molecule has 1 amide bonds. The Morgan fingerprint density at radius 1 is 1.00 bits per heavy atom. The van der Waals surface area contributed by atoms with Crippen LogP contribution in [0.25, 0.3) is 0 Å². The second-order valence-corrected chi connectivity index (χ2v) is 11.7. The Morgan fingerprint density at radius 3 is 2.42 bits per heavy atom. The molecule has 1 saturated heterocycles. The molecule has 1 aromatic heterocycles. The lowest BCUT2D eigenvalue weighted by Gasteiger charge is -2.38. The maximum Gasteiger partial charge on any atom is 0.416 e. The number of hydrogen-bond acceptors (Lipinski definition) is 4. The number of piperidine rings is 1. The van der Waals surface area contributed by atoms with Crippen molar-refractivity contribution < 1.29 is 32.3 Å². The second kappa shape index (κ2) is 11.5. The van der Waals surface area contributed by atoms with Crippen molar-refractivity contribution in [3.8, 4) is 0 Å². The van der Waals surface area contributed by atoms with Crippen molar-refractivity contribution in [1.29, 1.82) is 0 Å². The third-order valence-corrected chi connectivity index (χ3v) is 9.16. The lowest BCUT2D eigenvalue weighted by atomic mass is 9.74. The first kappa shape index (κ1) is 28.5. The van der Waals surface area contributed by atoms with Crippen molar-refractivity contribution in [3.63, 3.8) is 0 Å². The SMILES string of the molecule is O=C(O)c1cncc(C2CCN(C3CCC[C@](C(=O)NCc4cc(F)cc(C(F)(F)F)c4)(C4CC4)CC3)CC2)c1. The summed E-state index contributed by atoms with van der Waals surface area (Å²) in [4.78, 5) is 31.5. The van der Waals surface area contributed by atoms with Gasteiger partial charge in [-0.3, -0.25) is 9.78 Å². The Morgan fingerprint density at radius 2 is 1.75 bits per heavy atom. The largest absolute Gasteiger partial charge is 0.478 e. The summed E-state index contributed by atoms with van der Waals surface area (Å²) in [5, 5.41) is 12.1. The zero-order chi connectivity index (χ0) is 28.5. The van der Waals surface area contributed by atoms with E-state index < -0.39 is 28.9 Å². The summed E-state index contributed by atoms with van der Waals surface area (Å²) in [6, 6.07) is 4.48. The molecule has 0 spiro atoms. The summed E-state index contributed by atoms with van der Waals surface area (Å²) < 4.78 is 53.2. The normalized spacial score (nSPS) is 24.9. The highest BCUT2D eigenvalue weighted by Gasteiger charge is 2.51. The van der Waals surface area contributed by atoms with Crippen LogP contribution >= 0.6 is 0 Å². The molecule has 2 heterocycles. The van der Waals surface area contributed by atoms with E-state index in [0.717, 1.165) is 88.6 Å². The second-order valence-electron chi connectivity index (χ2n) is 11.7. The van der Waals surface area contributed by atoms with Gasteiger partial charge in [-0.2, -0.15) is 13.2 Å². The number of amides is 1. The van der Waals surface area contributed by atoms with Gasteiger partial charge in [0.15, 0.2) is 0 Å². The van der Waals surface area contributed by atoms with E-state index in [4.69, 9.17) is 0 Å². The number of aromatic carboxylic acids is 1. The topological polar surface area (TPSA) is 82.5 Å². The highest BCUT2D eigenvalue weighted by Crippen LogP contribution is 2.53. The maximum absolute atomic E-state index is 13.9. The van der Waals surface area contributed by atoms with Gasteiger partial charge in [-0.15, -0.1) is 0 Å². The van der Waals surface area contributed by atoms with Gasteiger partial charge in [0, 0.05) is 25.0 Å². The number of carbonyl (C=O) groups is 2. The summed E-state index contributed by atoms with van der Waals surface area (Å²) in [6.45, 7) is 1.66. The third-order valence-electron chi connectivity index (χ3n) is 9.16. The van der Waals surface area contributed by atoms with Crippen molar-refractivity contribution in [2.75, 3.05) is 13.1 Å². The fourth-order valence-electron chi connectivity index (χ4n) is 6.84. The van der Waals surface area contributed by atoms with Gasteiger partial charge in [0.05, 0.1) is 16.5 Å². The minimum atomic E-state index is -4.65. The van der Waals surface area contributed by atoms with Crippen LogP contribution in [0.5, 0.6) is 0 Å². The Balaban J connectivity index is 1.19. The highest BCUT2D eigenvalue weighted by atomic mass is 19.4. The van der Waals surface area contributed by atoms with Gasteiger partial charge >= 0.3 is 12.1 Å². The number of likely N-dealkylation sites (tertiary alicyclic amines) is 1. The Bertz CT molecular complexity index is 1240. The average molecular weight is 562 g/mol. The molecule has 40 heavy (non-hydrogen) atoms. The van der Waals surface area contributed by atoms with E-state index in [1.165, 1.54) is 6.20 Å². The molecule has 3 aliphatic rings. The number of pyridine rings is 1. The lowest BCUT2D eigenvalue weighted by Crippen LogP contribution is -2.43. The predicted octanol–water partition coefficient (Wildman–Crippen LogP) is 6.16. The number of alkyl halides is 3. The smallest absolute Gasteiger partial charge is 0.416 e. The van der Waals surface area contributed by atoms with E-state index >= 15 is 0 Å². The number of nitrogens with zero attached hydrogens (tertiary/aromatic N) is 2. The van der Waals surface area contributed by atoms with Crippen LogP contribution in [0.1, 0.15) is 90.8 Å². The summed E-state index contributed by atoms with van der Waals surface area (Å²) in [7, 11) is 0. The molecule has 0 bridgehead atoms. The number of aromatic nitrogens is 1. The minimum Gasteiger partial charge on any atom is -0.478 e. The van der Waals surface area contributed by atoms with Crippen LogP contribution in [0, 0.1) is 17.2 Å². The average Bonchev–Trinajstić information content (AvgIpc) is 3.79. The molecule has 2 aromatic rings. The van der Waals surface area contributed by atoms with Gasteiger partial charge in [0.2, 0.25) is 5.91 Å². The summed E-state index contributed by atoms with van der Waals surface area (Å²) >= 11 is 0. The number of nitrogens with one attached hydrogen (secondary N) is 1. The molecule has 6 nitrogen and oxygen atoms in total. The Hall–Kier alpha value is -3.01. The number of carbonyl (C=O) groups excluding carboxylic acids is 1. The van der Waals surface area contributed by atoms with Gasteiger partial charge in [-0.25, -0.2) is 9.18 Å². The molecule has 1 aliphatic heterocycles. The van der Waals surface area contributed by atoms with Gasteiger partial charge in [0.1, 0.15) is 5.82 Å². The van der Waals surface area contributed by atoms with Gasteiger partial charge in [0.25, 0.3) is 0 Å². The van der Waals surface area contributed by atoms with Crippen LogP contribution in [-0.2, 0) is 17.5 Å². The monoisotopic (exact) mass is 561 g/mol. The van der Waals surface area contributed by atoms with E-state index in [1.807, 2.05) is 0 Å². The van der Waals surface area contributed by atoms with E-state index in [9.17, 15) is 32.3 Å². The number of carboxylic acid groups (broad SMARTS) is 1. The molecule has 2 atom stereocenters. The molecule has 1 aromatic carbocycles. The molecule has 10 heteroatoms. The van der Waals surface area contributed by atoms with Gasteiger partial charge < -0.3 is 15.3 Å². The first-order valence-corrected chi connectivity index (χ1v) is 14.1. The van der Waals surface area contributed by atoms with Crippen molar-refractivity contribution in [2.24, 2.45) is 11.3 Å². The van der Waals surface area contributed by atoms with Crippen LogP contribution in [0.15, 0.2) is 36.7 Å². The zero-order valence-electron chi connectivity index (χ0n) is 22.4. The van der Waals surface area contributed by atoms with Crippen molar-refractivity contribution in [1.82, 2.24) is 15.2 Å². The molecule has 2 N–H and O–H groups in total. The van der Waals surface area contributed by atoms with Crippen LogP contribution < -0.4 is 5.32 Å². The van der Waals surface area contributed by atoms with Crippen LogP contribution in [-0.4, -0.2) is 46.0 Å². The van der Waals surface area contributed by atoms with Crippen LogP contribution in [0.3, 0.4) is 0 Å². The number of rotatable bonds is 7. The molecular weight excluding hydrogens is 526 g/mol. The third kappa shape index (κ3) is 6.32. The number of benzene rings is 1. The van der Waals surface area contributed by atoms with Crippen molar-refractivity contribution in [2.45, 2.75) is 82.5 Å². The fraction of sp³-hybridized carbons (Fsp3) is 0.567. The molecular formula is C30H35F4N3O3. The van der Waals surface area contributed by atoms with E-state index in [1.54, 1.807) is 12.3 Å². The lowest BCUT2D eigenvalue weighted by molar-refractivity contribution is -0.137. The molecule has 1 unspecified atom stereocenters. The molecule has 5 rings (SSSR count). The number of halogens is 4. The minimum absolute atomic E-state index is 0.102. The zero-order valence-corrected chi connectivity index (χ0v) is 22.4. The molecule has 2 saturated carbocycles.